The number of anilines is 1. The van der Waals surface area contributed by atoms with Gasteiger partial charge in [-0.2, -0.15) is 4.68 Å². The summed E-state index contributed by atoms with van der Waals surface area (Å²) in [6.45, 7) is 0. The number of nitrogens with zero attached hydrogens (tertiary/aromatic N) is 5. The third-order valence-electron chi connectivity index (χ3n) is 6.46. The summed E-state index contributed by atoms with van der Waals surface area (Å²) >= 11 is 6.18. The van der Waals surface area contributed by atoms with Crippen LogP contribution in [0, 0.1) is 0 Å². The third-order valence-corrected chi connectivity index (χ3v) is 6.69. The summed E-state index contributed by atoms with van der Waals surface area (Å²) in [5.41, 5.74) is 2.75. The van der Waals surface area contributed by atoms with Crippen LogP contribution >= 0.6 is 11.6 Å². The SMILES string of the molecule is O=C(/C=C/c1cc(Cl)ccc1-n1cnnn1)N[C@H]1CCCCCC(=O)Nc2ccc(C(=O)O)cc2-c2c[nH]c1n2. The average molecular weight is 561 g/mol. The summed E-state index contributed by atoms with van der Waals surface area (Å²) in [6.07, 6.45) is 9.25. The summed E-state index contributed by atoms with van der Waals surface area (Å²) in [6, 6.07) is 9.20. The van der Waals surface area contributed by atoms with Crippen molar-refractivity contribution in [3.8, 4) is 16.9 Å². The van der Waals surface area contributed by atoms with Crippen LogP contribution < -0.4 is 10.6 Å². The molecule has 40 heavy (non-hydrogen) atoms. The Bertz CT molecular complexity index is 1580. The summed E-state index contributed by atoms with van der Waals surface area (Å²) in [7, 11) is 0. The number of rotatable bonds is 5. The van der Waals surface area contributed by atoms with Gasteiger partial charge in [0.05, 0.1) is 28.7 Å². The van der Waals surface area contributed by atoms with E-state index in [0.717, 1.165) is 12.8 Å². The molecule has 13 heteroatoms. The van der Waals surface area contributed by atoms with Gasteiger partial charge >= 0.3 is 5.97 Å². The Kier molecular flexibility index (Phi) is 7.97. The average Bonchev–Trinajstić information content (AvgIpc) is 3.64. The number of hydrogen-bond acceptors (Lipinski definition) is 7. The minimum Gasteiger partial charge on any atom is -0.478 e. The predicted molar refractivity (Wildman–Crippen MR) is 147 cm³/mol. The van der Waals surface area contributed by atoms with Crippen molar-refractivity contribution < 1.29 is 19.5 Å². The number of carbonyl (C=O) groups is 3. The lowest BCUT2D eigenvalue weighted by atomic mass is 10.1. The molecule has 1 aliphatic heterocycles. The van der Waals surface area contributed by atoms with Gasteiger partial charge in [0.2, 0.25) is 11.8 Å². The smallest absolute Gasteiger partial charge is 0.335 e. The van der Waals surface area contributed by atoms with Crippen molar-refractivity contribution in [2.45, 2.75) is 38.1 Å². The van der Waals surface area contributed by atoms with E-state index in [0.29, 0.717) is 58.3 Å². The number of halogens is 1. The molecule has 1 atom stereocenters. The molecule has 0 aliphatic carbocycles. The number of carboxylic acids is 1. The maximum absolute atomic E-state index is 13.0. The zero-order valence-corrected chi connectivity index (χ0v) is 21.9. The molecule has 0 unspecified atom stereocenters. The first-order valence-corrected chi connectivity index (χ1v) is 13.0. The number of carbonyl (C=O) groups excluding carboxylic acids is 2. The van der Waals surface area contributed by atoms with Crippen LogP contribution in [0.5, 0.6) is 0 Å². The van der Waals surface area contributed by atoms with Crippen LogP contribution in [0.3, 0.4) is 0 Å². The van der Waals surface area contributed by atoms with Crippen molar-refractivity contribution in [3.05, 3.63) is 77.0 Å². The second kappa shape index (κ2) is 11.9. The van der Waals surface area contributed by atoms with Gasteiger partial charge in [-0.25, -0.2) is 9.78 Å². The highest BCUT2D eigenvalue weighted by molar-refractivity contribution is 6.30. The second-order valence-corrected chi connectivity index (χ2v) is 9.67. The van der Waals surface area contributed by atoms with Gasteiger partial charge in [0.25, 0.3) is 0 Å². The molecule has 2 amide bonds. The number of imidazole rings is 1. The molecule has 5 rings (SSSR count). The molecule has 0 spiro atoms. The molecule has 204 valence electrons. The number of nitrogens with one attached hydrogen (secondary N) is 3. The molecule has 0 fully saturated rings. The summed E-state index contributed by atoms with van der Waals surface area (Å²) in [4.78, 5) is 44.9. The van der Waals surface area contributed by atoms with Gasteiger partial charge in [-0.3, -0.25) is 9.59 Å². The first kappa shape index (κ1) is 26.8. The summed E-state index contributed by atoms with van der Waals surface area (Å²) in [5, 5.41) is 27.1. The second-order valence-electron chi connectivity index (χ2n) is 9.24. The van der Waals surface area contributed by atoms with Crippen molar-refractivity contribution in [2.75, 3.05) is 5.32 Å². The summed E-state index contributed by atoms with van der Waals surface area (Å²) in [5.74, 6) is -1.07. The van der Waals surface area contributed by atoms with Crippen molar-refractivity contribution >= 4 is 41.1 Å². The van der Waals surface area contributed by atoms with E-state index in [1.54, 1.807) is 36.5 Å². The molecule has 2 aromatic carbocycles. The van der Waals surface area contributed by atoms with Gasteiger partial charge in [-0.15, -0.1) is 5.10 Å². The lowest BCUT2D eigenvalue weighted by Crippen LogP contribution is -2.27. The quantitative estimate of drug-likeness (QED) is 0.264. The number of aromatic nitrogens is 6. The van der Waals surface area contributed by atoms with E-state index in [1.165, 1.54) is 29.2 Å². The zero-order chi connectivity index (χ0) is 28.1. The molecule has 12 nitrogen and oxygen atoms in total. The largest absolute Gasteiger partial charge is 0.478 e. The van der Waals surface area contributed by atoms with Crippen LogP contribution in [0.4, 0.5) is 5.69 Å². The number of carboxylic acid groups (broad SMARTS) is 1. The maximum Gasteiger partial charge on any atom is 0.335 e. The molecular formula is C27H25ClN8O4. The normalized spacial score (nSPS) is 15.8. The molecule has 2 bridgehead atoms. The van der Waals surface area contributed by atoms with E-state index >= 15 is 0 Å². The number of hydrogen-bond donors (Lipinski definition) is 4. The number of benzene rings is 2. The Balaban J connectivity index is 1.41. The number of fused-ring (bicyclic) bond motifs is 4. The van der Waals surface area contributed by atoms with E-state index in [1.807, 2.05) is 0 Å². The van der Waals surface area contributed by atoms with Crippen LogP contribution in [0.1, 0.15) is 59.9 Å². The van der Waals surface area contributed by atoms with Crippen LogP contribution in [-0.2, 0) is 9.59 Å². The van der Waals surface area contributed by atoms with Crippen LogP contribution in [0.15, 0.2) is 55.0 Å². The number of aromatic amines is 1. The standard InChI is InChI=1S/C27H25ClN8O4/c28-18-8-10-23(36-15-30-34-35-36)16(12-18)7-11-25(38)32-21-4-2-1-3-5-24(37)31-20-9-6-17(27(39)40)13-19(20)22-14-29-26(21)33-22/h6-15,21H,1-5H2,(H,29,33)(H,31,37)(H,32,38)(H,39,40)/b11-7+/t21-/m0/s1. The van der Waals surface area contributed by atoms with Crippen LogP contribution in [0.2, 0.25) is 5.02 Å². The molecule has 2 aromatic heterocycles. The molecule has 4 N–H and O–H groups in total. The Morgan fingerprint density at radius 3 is 2.83 bits per heavy atom. The van der Waals surface area contributed by atoms with E-state index in [4.69, 9.17) is 11.6 Å². The third kappa shape index (κ3) is 6.24. The highest BCUT2D eigenvalue weighted by Gasteiger charge is 2.21. The Morgan fingerprint density at radius 1 is 1.15 bits per heavy atom. The lowest BCUT2D eigenvalue weighted by molar-refractivity contribution is -0.117. The molecule has 0 saturated heterocycles. The molecule has 1 aliphatic rings. The van der Waals surface area contributed by atoms with Crippen molar-refractivity contribution in [1.29, 1.82) is 0 Å². The number of aromatic carboxylic acids is 1. The topological polar surface area (TPSA) is 168 Å². The Hall–Kier alpha value is -4.84. The van der Waals surface area contributed by atoms with E-state index in [2.05, 4.69) is 36.1 Å². The minimum absolute atomic E-state index is 0.0684. The van der Waals surface area contributed by atoms with Gasteiger partial charge < -0.3 is 20.7 Å². The Labute approximate surface area is 233 Å². The molecular weight excluding hydrogens is 536 g/mol. The van der Waals surface area contributed by atoms with Gasteiger partial charge in [0.15, 0.2) is 0 Å². The molecule has 0 radical (unpaired) electrons. The van der Waals surface area contributed by atoms with Gasteiger partial charge in [-0.1, -0.05) is 24.4 Å². The van der Waals surface area contributed by atoms with Crippen molar-refractivity contribution in [3.63, 3.8) is 0 Å². The fraction of sp³-hybridized carbons (Fsp3) is 0.222. The van der Waals surface area contributed by atoms with Crippen LogP contribution in [0.25, 0.3) is 23.0 Å². The van der Waals surface area contributed by atoms with E-state index in [-0.39, 0.29) is 17.4 Å². The monoisotopic (exact) mass is 560 g/mol. The zero-order valence-electron chi connectivity index (χ0n) is 21.2. The summed E-state index contributed by atoms with van der Waals surface area (Å²) < 4.78 is 1.47. The van der Waals surface area contributed by atoms with Gasteiger partial charge in [0.1, 0.15) is 12.2 Å². The van der Waals surface area contributed by atoms with E-state index < -0.39 is 12.0 Å². The maximum atomic E-state index is 13.0. The first-order chi connectivity index (χ1) is 19.4. The van der Waals surface area contributed by atoms with Crippen LogP contribution in [-0.4, -0.2) is 53.1 Å². The predicted octanol–water partition coefficient (Wildman–Crippen LogP) is 4.18. The number of H-pyrrole nitrogens is 1. The Morgan fingerprint density at radius 2 is 2.02 bits per heavy atom. The van der Waals surface area contributed by atoms with Gasteiger partial charge in [0, 0.05) is 34.8 Å². The molecule has 4 aromatic rings. The van der Waals surface area contributed by atoms with E-state index in [9.17, 15) is 19.5 Å². The first-order valence-electron chi connectivity index (χ1n) is 12.6. The number of tetrazole rings is 1. The number of amides is 2. The minimum atomic E-state index is -1.09. The van der Waals surface area contributed by atoms with Crippen molar-refractivity contribution in [1.82, 2.24) is 35.5 Å². The van der Waals surface area contributed by atoms with Gasteiger partial charge in [-0.05, 0) is 65.7 Å². The molecule has 3 heterocycles. The highest BCUT2D eigenvalue weighted by atomic mass is 35.5. The van der Waals surface area contributed by atoms with Crippen molar-refractivity contribution in [2.24, 2.45) is 0 Å². The molecule has 0 saturated carbocycles. The lowest BCUT2D eigenvalue weighted by Gasteiger charge is -2.16. The highest BCUT2D eigenvalue weighted by Crippen LogP contribution is 2.31. The fourth-order valence-corrected chi connectivity index (χ4v) is 4.66. The fourth-order valence-electron chi connectivity index (χ4n) is 4.48.